The van der Waals surface area contributed by atoms with E-state index >= 15 is 0 Å². The van der Waals surface area contributed by atoms with Gasteiger partial charge in [0.1, 0.15) is 0 Å². The molecule has 24 bridgehead atoms. The fraction of sp³-hybridized carbons (Fsp3) is 0.235. The summed E-state index contributed by atoms with van der Waals surface area (Å²) >= 11 is 0. The molecule has 15 rings (SSSR count). The molecule has 6 N–H and O–H groups in total. The Balaban J connectivity index is 0.000000185. The van der Waals surface area contributed by atoms with Gasteiger partial charge < -0.3 is 89.3 Å². The Bertz CT molecular complexity index is 6430. The summed E-state index contributed by atoms with van der Waals surface area (Å²) in [5.74, 6) is -6.83. The molecule has 0 atom stereocenters. The number of rotatable bonds is 24. The molecule has 24 nitrogen and oxygen atoms in total. The Morgan fingerprint density at radius 1 is 0.242 bits per heavy atom. The van der Waals surface area contributed by atoms with E-state index in [4.69, 9.17) is 29.9 Å². The number of H-pyrrole nitrogens is 6. The SMILES string of the molecule is C=CC1=C(C)c2cc3[nH]c(cc4nc(cc5[nH]c(cc1n2)c(C)c5CCC(=O)[O-])C(CCC(=O)[O-])=C4C)c(C)c3C=C.C=CC1=C(C)c2cc3[nH]c(cc4nc(cc5[nH]c(cc1n2)c(C)c5CCC(=O)[O-])C(CCC(=O)[O-])=C4C)c(C)c3C=C.C=CC1=C(C)c2cc3[nH]c(cc4nc(cc5[nH]c(cc1n2)c(C)c5CCC(=O)[O-])C(CCC(=O)[O-])=C4C)c(C)c3C=C.[Co+3].[Co+3]. The number of fused-ring (bicyclic) bond motifs is 24. The number of carboxylic acid groups (broad SMARTS) is 6. The van der Waals surface area contributed by atoms with E-state index < -0.39 is 35.8 Å². The van der Waals surface area contributed by atoms with Crippen LogP contribution in [0, 0.1) is 41.5 Å². The standard InChI is InChI=1S/3C34H34N4O4.2Co/c3*1-7-21-17(3)25-13-26-19(5)23(9-11-33(39)40)31(37-26)16-32-24(10-12-34(41)42)20(6)28(38-32)15-30-22(8-2)18(4)27(36-30)14-29(21)35-25;;/h3*7-8,13-16,35,38H,1-2,9-12H2,3-6H3,(H,39,40)(H,41,42);;/q;;;2*+3/p-6. The summed E-state index contributed by atoms with van der Waals surface area (Å²) in [6, 6.07) is 23.3. The van der Waals surface area contributed by atoms with Crippen molar-refractivity contribution in [3.63, 3.8) is 0 Å². The summed E-state index contributed by atoms with van der Waals surface area (Å²) in [6.07, 6.45) is 11.4. The van der Waals surface area contributed by atoms with Gasteiger partial charge in [0.25, 0.3) is 0 Å². The number of hydrogen-bond donors (Lipinski definition) is 6. The van der Waals surface area contributed by atoms with Gasteiger partial charge in [0.05, 0.1) is 68.3 Å². The van der Waals surface area contributed by atoms with Gasteiger partial charge in [-0.25, -0.2) is 29.9 Å². The molecule has 0 saturated carbocycles. The summed E-state index contributed by atoms with van der Waals surface area (Å²) in [6.45, 7) is 47.8. The second-order valence-corrected chi connectivity index (χ2v) is 32.1. The minimum Gasteiger partial charge on any atom is -0.550 e. The van der Waals surface area contributed by atoms with E-state index in [0.717, 1.165) is 217 Å². The van der Waals surface area contributed by atoms with Crippen LogP contribution < -0.4 is 30.6 Å². The minimum absolute atomic E-state index is 0. The van der Waals surface area contributed by atoms with E-state index in [0.29, 0.717) is 50.7 Å². The fourth-order valence-corrected chi connectivity index (χ4v) is 17.3. The zero-order valence-corrected chi connectivity index (χ0v) is 75.5. The number of carbonyl (C=O) groups is 6. The van der Waals surface area contributed by atoms with E-state index in [1.807, 2.05) is 174 Å². The molecular formula is C102H96Co2N12O12. The molecule has 9 aromatic heterocycles. The van der Waals surface area contributed by atoms with Crippen LogP contribution in [0.15, 0.2) is 130 Å². The van der Waals surface area contributed by atoms with Crippen LogP contribution in [0.5, 0.6) is 0 Å². The molecule has 6 aliphatic rings. The Labute approximate surface area is 760 Å². The number of hydrogen-bond acceptors (Lipinski definition) is 18. The second kappa shape index (κ2) is 39.3. The first-order chi connectivity index (χ1) is 60.0. The normalized spacial score (nSPS) is 12.8. The molecule has 15 heterocycles. The molecule has 654 valence electrons. The van der Waals surface area contributed by atoms with E-state index in [2.05, 4.69) is 69.4 Å². The van der Waals surface area contributed by atoms with Crippen molar-refractivity contribution in [1.29, 1.82) is 0 Å². The maximum atomic E-state index is 11.4. The van der Waals surface area contributed by atoms with E-state index in [1.165, 1.54) is 0 Å². The number of aromatic amines is 6. The van der Waals surface area contributed by atoms with Crippen molar-refractivity contribution in [2.75, 3.05) is 0 Å². The van der Waals surface area contributed by atoms with E-state index in [9.17, 15) is 59.4 Å². The van der Waals surface area contributed by atoms with Gasteiger partial charge in [-0.2, -0.15) is 0 Å². The van der Waals surface area contributed by atoms with Crippen LogP contribution in [0.3, 0.4) is 0 Å². The Morgan fingerprint density at radius 2 is 0.422 bits per heavy atom. The third kappa shape index (κ3) is 19.2. The Hall–Kier alpha value is -13.9. The number of carbonyl (C=O) groups excluding carboxylic acids is 6. The fourth-order valence-electron chi connectivity index (χ4n) is 17.3. The average Bonchev–Trinajstić information content (AvgIpc) is 1.62. The van der Waals surface area contributed by atoms with Gasteiger partial charge in [0, 0.05) is 135 Å². The summed E-state index contributed by atoms with van der Waals surface area (Å²) < 4.78 is 0. The molecular weight excluding hydrogens is 1700 g/mol. The zero-order valence-electron chi connectivity index (χ0n) is 73.4. The van der Waals surface area contributed by atoms with Crippen LogP contribution in [-0.2, 0) is 81.6 Å². The van der Waals surface area contributed by atoms with Crippen LogP contribution in [-0.4, -0.2) is 95.6 Å². The van der Waals surface area contributed by atoms with Crippen molar-refractivity contribution in [3.8, 4) is 0 Å². The summed E-state index contributed by atoms with van der Waals surface area (Å²) in [4.78, 5) is 119. The first-order valence-corrected chi connectivity index (χ1v) is 41.5. The van der Waals surface area contributed by atoms with Crippen LogP contribution in [0.25, 0.3) is 151 Å². The third-order valence-corrected chi connectivity index (χ3v) is 24.6. The first kappa shape index (κ1) is 94.7. The predicted octanol–water partition coefficient (Wildman–Crippen LogP) is 14.5. The van der Waals surface area contributed by atoms with E-state index in [-0.39, 0.29) is 111 Å². The molecule has 0 spiro atoms. The monoisotopic (exact) mass is 1800 g/mol. The minimum atomic E-state index is -1.14. The number of aliphatic carboxylic acids is 6. The maximum Gasteiger partial charge on any atom is 3.00 e. The number of allylic oxidation sites excluding steroid dienone is 15. The third-order valence-electron chi connectivity index (χ3n) is 24.6. The number of nitrogens with zero attached hydrogens (tertiary/aromatic N) is 6. The van der Waals surface area contributed by atoms with Gasteiger partial charge in [-0.05, 0) is 333 Å². The Morgan fingerprint density at radius 3 is 0.641 bits per heavy atom. The average molecular weight is 1800 g/mol. The molecule has 0 aliphatic carbocycles. The molecule has 0 amide bonds. The predicted molar refractivity (Wildman–Crippen MR) is 490 cm³/mol. The Kier molecular flexibility index (Phi) is 29.1. The first-order valence-electron chi connectivity index (χ1n) is 41.5. The molecule has 0 unspecified atom stereocenters. The van der Waals surface area contributed by atoms with Crippen molar-refractivity contribution < 1.29 is 93.0 Å². The summed E-state index contributed by atoms with van der Waals surface area (Å²) in [5, 5.41) is 68.4. The molecule has 26 heteroatoms. The van der Waals surface area contributed by atoms with Gasteiger partial charge in [-0.1, -0.05) is 75.9 Å². The van der Waals surface area contributed by atoms with E-state index in [1.54, 1.807) is 18.2 Å². The van der Waals surface area contributed by atoms with Gasteiger partial charge >= 0.3 is 33.6 Å². The molecule has 0 aromatic carbocycles. The number of aromatic nitrogens is 12. The van der Waals surface area contributed by atoms with Crippen molar-refractivity contribution in [2.24, 2.45) is 0 Å². The number of nitrogens with one attached hydrogen (secondary N) is 6. The largest absolute Gasteiger partial charge is 3.00 e. The molecule has 6 aliphatic heterocycles. The molecule has 0 fully saturated rings. The molecule has 9 aromatic rings. The van der Waals surface area contributed by atoms with Crippen LogP contribution >= 0.6 is 0 Å². The van der Waals surface area contributed by atoms with Crippen molar-refractivity contribution in [2.45, 2.75) is 160 Å². The summed E-state index contributed by atoms with van der Waals surface area (Å²) in [5.41, 5.74) is 39.8. The van der Waals surface area contributed by atoms with Gasteiger partial charge in [0.15, 0.2) is 0 Å². The maximum absolute atomic E-state index is 11.4. The second-order valence-electron chi connectivity index (χ2n) is 32.1. The van der Waals surface area contributed by atoms with Crippen molar-refractivity contribution in [3.05, 3.63) is 266 Å². The topological polar surface area (TPSA) is 413 Å². The van der Waals surface area contributed by atoms with Crippen LogP contribution in [0.1, 0.15) is 234 Å². The van der Waals surface area contributed by atoms with Crippen LogP contribution in [0.4, 0.5) is 0 Å². The molecule has 0 saturated heterocycles. The van der Waals surface area contributed by atoms with Crippen molar-refractivity contribution >= 4 is 187 Å². The van der Waals surface area contributed by atoms with Gasteiger partial charge in [0.2, 0.25) is 0 Å². The number of aryl methyl sites for hydroxylation is 9. The van der Waals surface area contributed by atoms with Crippen LogP contribution in [0.2, 0.25) is 0 Å². The van der Waals surface area contributed by atoms with Gasteiger partial charge in [-0.15, -0.1) is 0 Å². The molecule has 0 radical (unpaired) electrons. The zero-order chi connectivity index (χ0) is 90.9. The quantitative estimate of drug-likeness (QED) is 0.0327. The summed E-state index contributed by atoms with van der Waals surface area (Å²) in [7, 11) is 0. The smallest absolute Gasteiger partial charge is 0.550 e. The number of carboxylic acids is 6. The van der Waals surface area contributed by atoms with Crippen molar-refractivity contribution in [1.82, 2.24) is 59.8 Å². The molecule has 128 heavy (non-hydrogen) atoms. The van der Waals surface area contributed by atoms with Gasteiger partial charge in [-0.3, -0.25) is 0 Å².